The van der Waals surface area contributed by atoms with Crippen molar-refractivity contribution in [3.63, 3.8) is 0 Å². The van der Waals surface area contributed by atoms with E-state index < -0.39 is 36.2 Å². The van der Waals surface area contributed by atoms with Crippen molar-refractivity contribution in [1.82, 2.24) is 4.98 Å². The van der Waals surface area contributed by atoms with Gasteiger partial charge in [-0.05, 0) is 135 Å². The molecule has 0 saturated heterocycles. The Morgan fingerprint density at radius 3 is 1.85 bits per heavy atom. The number of allylic oxidation sites excluding steroid dienone is 4. The van der Waals surface area contributed by atoms with Crippen molar-refractivity contribution in [1.29, 1.82) is 0 Å². The minimum Gasteiger partial charge on any atom is -0.478 e. The Balaban J connectivity index is 0.000000241. The predicted molar refractivity (Wildman–Crippen MR) is 261 cm³/mol. The molecule has 4 aliphatic carbocycles. The molecular formula is C55H67NO9S. The molecule has 4 aliphatic rings. The number of thiazole rings is 1. The molecule has 0 radical (unpaired) electrons. The normalized spacial score (nSPS) is 24.9. The highest BCUT2D eigenvalue weighted by Crippen LogP contribution is 2.60. The van der Waals surface area contributed by atoms with E-state index in [0.29, 0.717) is 47.3 Å². The lowest BCUT2D eigenvalue weighted by molar-refractivity contribution is 0.0686. The Bertz CT molecular complexity index is 2180. The maximum Gasteiger partial charge on any atom is 0.335 e. The summed E-state index contributed by atoms with van der Waals surface area (Å²) in [6.07, 6.45) is 21.8. The van der Waals surface area contributed by atoms with Gasteiger partial charge in [-0.25, -0.2) is 19.4 Å². The topological polar surface area (TPSA) is 185 Å². The van der Waals surface area contributed by atoms with Crippen LogP contribution >= 0.6 is 11.3 Å². The van der Waals surface area contributed by atoms with Crippen LogP contribution in [0.2, 0.25) is 0 Å². The van der Waals surface area contributed by atoms with E-state index in [2.05, 4.69) is 51.7 Å². The summed E-state index contributed by atoms with van der Waals surface area (Å²) < 4.78 is 0. The smallest absolute Gasteiger partial charge is 0.335 e. The number of aryl methyl sites for hydroxylation is 1. The zero-order valence-corrected chi connectivity index (χ0v) is 39.3. The van der Waals surface area contributed by atoms with Gasteiger partial charge in [0.05, 0.1) is 40.4 Å². The first-order valence-corrected chi connectivity index (χ1v) is 24.0. The van der Waals surface area contributed by atoms with Gasteiger partial charge in [-0.3, -0.25) is 0 Å². The van der Waals surface area contributed by atoms with Gasteiger partial charge in [0.15, 0.2) is 0 Å². The minimum absolute atomic E-state index is 0.161. The monoisotopic (exact) mass is 917 g/mol. The van der Waals surface area contributed by atoms with Gasteiger partial charge in [0.2, 0.25) is 0 Å². The van der Waals surface area contributed by atoms with Gasteiger partial charge in [-0.2, -0.15) is 0 Å². The van der Waals surface area contributed by atoms with Gasteiger partial charge in [-0.1, -0.05) is 118 Å². The lowest BCUT2D eigenvalue weighted by Crippen LogP contribution is -2.35. The van der Waals surface area contributed by atoms with E-state index in [9.17, 15) is 29.7 Å². The summed E-state index contributed by atoms with van der Waals surface area (Å²) >= 11 is 1.81. The Morgan fingerprint density at radius 1 is 0.818 bits per heavy atom. The second-order valence-corrected chi connectivity index (χ2v) is 19.4. The number of carboxylic acid groups (broad SMARTS) is 3. The van der Waals surface area contributed by atoms with Crippen LogP contribution in [0.1, 0.15) is 132 Å². The molecule has 66 heavy (non-hydrogen) atoms. The van der Waals surface area contributed by atoms with E-state index in [1.165, 1.54) is 49.0 Å². The lowest BCUT2D eigenvalue weighted by atomic mass is 9.61. The van der Waals surface area contributed by atoms with Crippen LogP contribution in [-0.4, -0.2) is 71.8 Å². The van der Waals surface area contributed by atoms with Gasteiger partial charge >= 0.3 is 17.9 Å². The van der Waals surface area contributed by atoms with Crippen molar-refractivity contribution in [3.8, 4) is 0 Å². The molecule has 0 unspecified atom stereocenters. The molecule has 4 saturated carbocycles. The highest BCUT2D eigenvalue weighted by molar-refractivity contribution is 7.11. The average Bonchev–Trinajstić information content (AvgIpc) is 3.85. The number of unbranched alkanes of at least 4 members (excludes halogenated alkanes) is 1. The molecule has 0 amide bonds. The first-order valence-electron chi connectivity index (χ1n) is 23.2. The second kappa shape index (κ2) is 24.3. The zero-order chi connectivity index (χ0) is 47.9. The number of carboxylic acids is 3. The van der Waals surface area contributed by atoms with Crippen LogP contribution in [0.4, 0.5) is 0 Å². The number of aliphatic hydroxyl groups is 3. The van der Waals surface area contributed by atoms with Gasteiger partial charge in [0.1, 0.15) is 5.01 Å². The summed E-state index contributed by atoms with van der Waals surface area (Å²) in [6.45, 7) is 11.2. The Hall–Kier alpha value is -5.46. The van der Waals surface area contributed by atoms with E-state index >= 15 is 0 Å². The quantitative estimate of drug-likeness (QED) is 0.0747. The maximum absolute atomic E-state index is 11.3. The van der Waals surface area contributed by atoms with Crippen LogP contribution in [-0.2, 0) is 11.8 Å². The van der Waals surface area contributed by atoms with Crippen molar-refractivity contribution in [2.24, 2.45) is 23.2 Å². The number of benzene rings is 3. The minimum atomic E-state index is -0.879. The third-order valence-corrected chi connectivity index (χ3v) is 15.0. The summed E-state index contributed by atoms with van der Waals surface area (Å²) in [4.78, 5) is 36.7. The molecule has 6 N–H and O–H groups in total. The predicted octanol–water partition coefficient (Wildman–Crippen LogP) is 11.4. The van der Waals surface area contributed by atoms with Crippen LogP contribution in [0.5, 0.6) is 0 Å². The van der Waals surface area contributed by atoms with Crippen LogP contribution < -0.4 is 0 Å². The fourth-order valence-electron chi connectivity index (χ4n) is 9.72. The summed E-state index contributed by atoms with van der Waals surface area (Å²) in [6, 6.07) is 24.9. The molecule has 0 spiro atoms. The summed E-state index contributed by atoms with van der Waals surface area (Å²) in [5, 5.41) is 57.9. The molecular weight excluding hydrogens is 851 g/mol. The van der Waals surface area contributed by atoms with Crippen LogP contribution in [0, 0.1) is 23.2 Å². The number of aliphatic hydroxyl groups excluding tert-OH is 3. The molecule has 7 atom stereocenters. The molecule has 8 rings (SSSR count). The first-order chi connectivity index (χ1) is 31.6. The molecule has 1 heterocycles. The zero-order valence-electron chi connectivity index (χ0n) is 38.5. The molecule has 4 fully saturated rings. The fraction of sp³-hybridized carbons (Fsp3) is 0.418. The third kappa shape index (κ3) is 13.8. The summed E-state index contributed by atoms with van der Waals surface area (Å²) in [7, 11) is 0. The molecule has 352 valence electrons. The molecule has 11 heteroatoms. The van der Waals surface area contributed by atoms with Crippen molar-refractivity contribution in [2.75, 3.05) is 0 Å². The number of rotatable bonds is 12. The van der Waals surface area contributed by atoms with Crippen molar-refractivity contribution in [2.45, 2.75) is 122 Å². The van der Waals surface area contributed by atoms with Gasteiger partial charge < -0.3 is 30.6 Å². The number of carbonyl (C=O) groups is 3. The lowest BCUT2D eigenvalue weighted by Gasteiger charge is -2.44. The van der Waals surface area contributed by atoms with E-state index in [4.69, 9.17) is 20.3 Å². The summed E-state index contributed by atoms with van der Waals surface area (Å²) in [5.74, 6) is -1.04. The van der Waals surface area contributed by atoms with Crippen LogP contribution in [0.3, 0.4) is 0 Å². The molecule has 1 aromatic heterocycles. The van der Waals surface area contributed by atoms with Gasteiger partial charge in [-0.15, -0.1) is 11.3 Å². The number of fused-ring (bicyclic) bond motifs is 1. The van der Waals surface area contributed by atoms with Crippen LogP contribution in [0.15, 0.2) is 145 Å². The Morgan fingerprint density at radius 2 is 1.36 bits per heavy atom. The second-order valence-electron chi connectivity index (χ2n) is 18.3. The standard InChI is InChI=1S/C34H49NO3S.3C7H6O2/c1-5-6-9-27-21-35-32(39-27)34(17-18-34)31(38)15-10-22(2)28-13-14-29-24(8-7-16-33(28,29)4)11-12-25-19-26(36)20-30(37)23(25)3;3*8-7(9)6-4-2-1-3-5-6/h10-12,15,21-22,26,28-31,36-38H,3,5-9,13-14,16-20H2,1-2,4H3;3*1-5H,(H,8,9)/b15-10+,24-11+,25-12-;;;/t22-,26-,28-,29+,30+,31-,33-;;;/m1.../s1. The SMILES string of the molecule is C=C1/C(=C\C=C2/CCC[C@]3(C)[C@@H]([C@H](C)/C=C/[C@@H](O)C4(c5ncc(CCCC)s5)CC4)CC[C@@H]23)C[C@@H](O)C[C@@H]1O.O=C(O)c1ccccc1.O=C(O)c1ccccc1.O=C(O)c1ccccc1. The maximum atomic E-state index is 11.3. The number of nitrogens with zero attached hydrogens (tertiary/aromatic N) is 1. The summed E-state index contributed by atoms with van der Waals surface area (Å²) in [5.41, 5.74) is 4.38. The number of aromatic carboxylic acids is 3. The number of aromatic nitrogens is 1. The molecule has 10 nitrogen and oxygen atoms in total. The largest absolute Gasteiger partial charge is 0.478 e. The fourth-order valence-corrected chi connectivity index (χ4v) is 11.0. The first kappa shape index (κ1) is 51.5. The van der Waals surface area contributed by atoms with Crippen molar-refractivity contribution >= 4 is 29.2 Å². The van der Waals surface area contributed by atoms with E-state index in [1.54, 1.807) is 91.0 Å². The number of hydrogen-bond donors (Lipinski definition) is 6. The van der Waals surface area contributed by atoms with Crippen molar-refractivity contribution in [3.05, 3.63) is 171 Å². The number of hydrogen-bond acceptors (Lipinski definition) is 8. The molecule has 0 aliphatic heterocycles. The molecule has 4 aromatic rings. The molecule has 3 aromatic carbocycles. The Labute approximate surface area is 393 Å². The molecule has 0 bridgehead atoms. The Kier molecular flexibility index (Phi) is 19.0. The van der Waals surface area contributed by atoms with Crippen LogP contribution in [0.25, 0.3) is 0 Å². The van der Waals surface area contributed by atoms with Crippen molar-refractivity contribution < 1.29 is 45.0 Å². The van der Waals surface area contributed by atoms with E-state index in [1.807, 2.05) is 17.5 Å². The van der Waals surface area contributed by atoms with Gasteiger partial charge in [0.25, 0.3) is 0 Å². The highest BCUT2D eigenvalue weighted by Gasteiger charge is 2.53. The van der Waals surface area contributed by atoms with E-state index in [0.717, 1.165) is 41.8 Å². The van der Waals surface area contributed by atoms with E-state index in [-0.39, 0.29) is 10.8 Å². The average molecular weight is 918 g/mol. The third-order valence-electron chi connectivity index (χ3n) is 13.7. The van der Waals surface area contributed by atoms with Gasteiger partial charge in [0, 0.05) is 17.5 Å². The highest BCUT2D eigenvalue weighted by atomic mass is 32.1.